The molecule has 1 heterocycles. The molecule has 1 aliphatic rings. The van der Waals surface area contributed by atoms with E-state index in [4.69, 9.17) is 23.7 Å². The Morgan fingerprint density at radius 1 is 0.846 bits per heavy atom. The molecule has 0 bridgehead atoms. The third-order valence-corrected chi connectivity index (χ3v) is 6.31. The van der Waals surface area contributed by atoms with Gasteiger partial charge in [0.2, 0.25) is 13.6 Å². The number of rotatable bonds is 11. The van der Waals surface area contributed by atoms with E-state index < -0.39 is 5.41 Å². The smallest absolute Gasteiger partial charge is 0.314 e. The lowest BCUT2D eigenvalue weighted by atomic mass is 9.88. The molecule has 0 fully saturated rings. The van der Waals surface area contributed by atoms with Gasteiger partial charge in [-0.3, -0.25) is 4.79 Å². The summed E-state index contributed by atoms with van der Waals surface area (Å²) in [6.45, 7) is 9.06. The second-order valence-electron chi connectivity index (χ2n) is 10.2. The first-order valence-corrected chi connectivity index (χ1v) is 13.2. The van der Waals surface area contributed by atoms with E-state index in [1.165, 1.54) is 5.57 Å². The first-order chi connectivity index (χ1) is 18.8. The summed E-state index contributed by atoms with van der Waals surface area (Å²) in [4.78, 5) is 12.0. The van der Waals surface area contributed by atoms with Gasteiger partial charge in [-0.2, -0.15) is 0 Å². The highest BCUT2D eigenvalue weighted by Crippen LogP contribution is 2.40. The number of likely N-dealkylation sites (N-methyl/N-ethyl adjacent to an activating group) is 1. The van der Waals surface area contributed by atoms with E-state index in [1.807, 2.05) is 76.3 Å². The van der Waals surface area contributed by atoms with Gasteiger partial charge in [-0.15, -0.1) is 0 Å². The van der Waals surface area contributed by atoms with Crippen molar-refractivity contribution >= 4 is 17.1 Å². The lowest BCUT2D eigenvalue weighted by Gasteiger charge is -2.18. The highest BCUT2D eigenvalue weighted by molar-refractivity contribution is 5.99. The largest absolute Gasteiger partial charge is 0.492 e. The molecule has 0 aliphatic carbocycles. The minimum absolute atomic E-state index is 0.134. The molecule has 0 radical (unpaired) electrons. The minimum Gasteiger partial charge on any atom is -0.492 e. The maximum Gasteiger partial charge on any atom is 0.314 e. The van der Waals surface area contributed by atoms with Gasteiger partial charge in [0.15, 0.2) is 11.5 Å². The lowest BCUT2D eigenvalue weighted by molar-refractivity contribution is -0.159. The molecule has 1 aliphatic heterocycles. The first kappa shape index (κ1) is 28.0. The average Bonchev–Trinajstić information content (AvgIpc) is 3.40. The van der Waals surface area contributed by atoms with Crippen molar-refractivity contribution in [1.82, 2.24) is 5.32 Å². The quantitative estimate of drug-likeness (QED) is 0.135. The molecule has 3 aromatic rings. The number of carbonyl (C=O) groups is 1. The summed E-state index contributed by atoms with van der Waals surface area (Å²) in [7, 11) is 1.90. The molecule has 206 valence electrons. The summed E-state index contributed by atoms with van der Waals surface area (Å²) in [5, 5.41) is 3.09. The Kier molecular flexibility index (Phi) is 9.15. The molecule has 0 spiro atoms. The Morgan fingerprint density at radius 2 is 1.44 bits per heavy atom. The van der Waals surface area contributed by atoms with E-state index in [1.54, 1.807) is 0 Å². The van der Waals surface area contributed by atoms with Crippen molar-refractivity contribution in [3.05, 3.63) is 83.4 Å². The highest BCUT2D eigenvalue weighted by Gasteiger charge is 2.23. The lowest BCUT2D eigenvalue weighted by Crippen LogP contribution is -2.24. The van der Waals surface area contributed by atoms with Gasteiger partial charge in [0.1, 0.15) is 18.1 Å². The van der Waals surface area contributed by atoms with Crippen LogP contribution < -0.4 is 24.3 Å². The van der Waals surface area contributed by atoms with Crippen LogP contribution in [-0.2, 0) is 9.53 Å². The van der Waals surface area contributed by atoms with E-state index in [9.17, 15) is 4.79 Å². The summed E-state index contributed by atoms with van der Waals surface area (Å²) < 4.78 is 28.0. The van der Waals surface area contributed by atoms with Gasteiger partial charge < -0.3 is 29.0 Å². The van der Waals surface area contributed by atoms with Crippen molar-refractivity contribution in [3.63, 3.8) is 0 Å². The van der Waals surface area contributed by atoms with Crippen molar-refractivity contribution < 1.29 is 28.5 Å². The van der Waals surface area contributed by atoms with Gasteiger partial charge in [0, 0.05) is 6.54 Å². The molecule has 39 heavy (non-hydrogen) atoms. The minimum atomic E-state index is -0.578. The standard InChI is InChI=1S/C32H37NO6/c1-6-27(24-11-16-28-29(19-24)38-21-37-28)30(22-7-12-25(13-8-22)35-18-17-33-5)23-9-14-26(15-10-23)36-20-39-31(34)32(2,3)4/h7-16,19,33H,6,17-18,20-21H2,1-5H3/b30-27+. The molecule has 7 nitrogen and oxygen atoms in total. The Morgan fingerprint density at radius 3 is 2.03 bits per heavy atom. The molecule has 7 heteroatoms. The van der Waals surface area contributed by atoms with Gasteiger partial charge >= 0.3 is 5.97 Å². The van der Waals surface area contributed by atoms with Crippen LogP contribution >= 0.6 is 0 Å². The summed E-state index contributed by atoms with van der Waals surface area (Å²) in [5.74, 6) is 2.64. The van der Waals surface area contributed by atoms with Crippen molar-refractivity contribution in [3.8, 4) is 23.0 Å². The Hall–Kier alpha value is -3.97. The number of nitrogens with one attached hydrogen (secondary N) is 1. The summed E-state index contributed by atoms with van der Waals surface area (Å²) in [6, 6.07) is 22.1. The van der Waals surface area contributed by atoms with Crippen LogP contribution in [0.15, 0.2) is 66.7 Å². The van der Waals surface area contributed by atoms with Gasteiger partial charge in [0.25, 0.3) is 0 Å². The summed E-state index contributed by atoms with van der Waals surface area (Å²) in [5.41, 5.74) is 4.87. The number of benzene rings is 3. The van der Waals surface area contributed by atoms with Crippen molar-refractivity contribution in [1.29, 1.82) is 0 Å². The molecule has 0 atom stereocenters. The Bertz CT molecular complexity index is 1290. The van der Waals surface area contributed by atoms with E-state index in [-0.39, 0.29) is 19.6 Å². The van der Waals surface area contributed by atoms with Crippen LogP contribution in [0.4, 0.5) is 0 Å². The average molecular weight is 532 g/mol. The van der Waals surface area contributed by atoms with E-state index in [0.717, 1.165) is 52.5 Å². The molecular weight excluding hydrogens is 494 g/mol. The monoisotopic (exact) mass is 531 g/mol. The first-order valence-electron chi connectivity index (χ1n) is 13.2. The predicted octanol–water partition coefficient (Wildman–Crippen LogP) is 6.31. The number of allylic oxidation sites excluding steroid dienone is 1. The Balaban J connectivity index is 1.65. The normalized spacial score (nSPS) is 13.1. The summed E-state index contributed by atoms with van der Waals surface area (Å²) >= 11 is 0. The second-order valence-corrected chi connectivity index (χ2v) is 10.2. The van der Waals surface area contributed by atoms with E-state index >= 15 is 0 Å². The van der Waals surface area contributed by atoms with Gasteiger partial charge in [-0.1, -0.05) is 37.3 Å². The molecule has 1 N–H and O–H groups in total. The van der Waals surface area contributed by atoms with Crippen molar-refractivity contribution in [2.45, 2.75) is 34.1 Å². The molecule has 0 aromatic heterocycles. The number of ether oxygens (including phenoxy) is 5. The number of esters is 1. The topological polar surface area (TPSA) is 75.2 Å². The number of carbonyl (C=O) groups excluding carboxylic acids is 1. The fourth-order valence-electron chi connectivity index (χ4n) is 4.20. The van der Waals surface area contributed by atoms with Gasteiger partial charge in [-0.25, -0.2) is 0 Å². The fraction of sp³-hybridized carbons (Fsp3) is 0.344. The maximum atomic E-state index is 12.0. The van der Waals surface area contributed by atoms with Crippen LogP contribution in [0.3, 0.4) is 0 Å². The van der Waals surface area contributed by atoms with E-state index in [2.05, 4.69) is 30.4 Å². The SMILES string of the molecule is CC/C(=C(/c1ccc(OCCNC)cc1)c1ccc(OCOC(=O)C(C)(C)C)cc1)c1ccc2c(c1)OCO2. The van der Waals surface area contributed by atoms with Crippen LogP contribution in [0, 0.1) is 5.41 Å². The van der Waals surface area contributed by atoms with Crippen LogP contribution in [-0.4, -0.2) is 39.8 Å². The predicted molar refractivity (Wildman–Crippen MR) is 152 cm³/mol. The molecule has 4 rings (SSSR count). The highest BCUT2D eigenvalue weighted by atomic mass is 16.7. The molecule has 0 unspecified atom stereocenters. The van der Waals surface area contributed by atoms with Crippen LogP contribution in [0.1, 0.15) is 50.8 Å². The Labute approximate surface area is 230 Å². The van der Waals surface area contributed by atoms with Gasteiger partial charge in [-0.05, 0) is 98.5 Å². The molecule has 3 aromatic carbocycles. The van der Waals surface area contributed by atoms with Crippen molar-refractivity contribution in [2.24, 2.45) is 5.41 Å². The van der Waals surface area contributed by atoms with Crippen LogP contribution in [0.5, 0.6) is 23.0 Å². The second kappa shape index (κ2) is 12.7. The number of fused-ring (bicyclic) bond motifs is 1. The zero-order valence-corrected chi connectivity index (χ0v) is 23.3. The maximum absolute atomic E-state index is 12.0. The fourth-order valence-corrected chi connectivity index (χ4v) is 4.20. The third kappa shape index (κ3) is 7.12. The molecule has 0 amide bonds. The number of hydrogen-bond acceptors (Lipinski definition) is 7. The van der Waals surface area contributed by atoms with Gasteiger partial charge in [0.05, 0.1) is 5.41 Å². The molecule has 0 saturated carbocycles. The molecular formula is C32H37NO6. The van der Waals surface area contributed by atoms with Crippen LogP contribution in [0.2, 0.25) is 0 Å². The zero-order chi connectivity index (χ0) is 27.8. The zero-order valence-electron chi connectivity index (χ0n) is 23.3. The summed E-state index contributed by atoms with van der Waals surface area (Å²) in [6.07, 6.45) is 0.802. The molecule has 0 saturated heterocycles. The van der Waals surface area contributed by atoms with Crippen molar-refractivity contribution in [2.75, 3.05) is 33.8 Å². The number of hydrogen-bond donors (Lipinski definition) is 1. The van der Waals surface area contributed by atoms with E-state index in [0.29, 0.717) is 12.4 Å². The third-order valence-electron chi connectivity index (χ3n) is 6.31. The van der Waals surface area contributed by atoms with Crippen LogP contribution in [0.25, 0.3) is 11.1 Å².